The minimum absolute atomic E-state index is 0.0562. The Morgan fingerprint density at radius 2 is 1.82 bits per heavy atom. The van der Waals surface area contributed by atoms with Gasteiger partial charge in [-0.15, -0.1) is 0 Å². The molecule has 0 fully saturated rings. The summed E-state index contributed by atoms with van der Waals surface area (Å²) in [6.07, 6.45) is 1.14. The van der Waals surface area contributed by atoms with Gasteiger partial charge in [0.2, 0.25) is 15.9 Å². The van der Waals surface area contributed by atoms with E-state index >= 15 is 0 Å². The molecule has 0 bridgehead atoms. The number of nitrogens with one attached hydrogen (secondary N) is 1. The van der Waals surface area contributed by atoms with Crippen molar-refractivity contribution < 1.29 is 22.9 Å². The van der Waals surface area contributed by atoms with Crippen molar-refractivity contribution >= 4 is 38.1 Å². The zero-order valence-electron chi connectivity index (χ0n) is 18.3. The maximum atomic E-state index is 12.9. The van der Waals surface area contributed by atoms with Crippen LogP contribution >= 0.6 is 0 Å². The van der Waals surface area contributed by atoms with Crippen LogP contribution in [0.4, 0.5) is 11.4 Å². The van der Waals surface area contributed by atoms with Crippen molar-refractivity contribution in [1.29, 1.82) is 0 Å². The molecule has 0 unspecified atom stereocenters. The smallest absolute Gasteiger partial charge is 0.271 e. The molecule has 10 heteroatoms. The number of benzene rings is 3. The number of sulfonamides is 1. The van der Waals surface area contributed by atoms with E-state index in [4.69, 9.17) is 4.74 Å². The Kier molecular flexibility index (Phi) is 7.49. The number of carbonyl (C=O) groups excluding carboxylic acids is 1. The van der Waals surface area contributed by atoms with Crippen LogP contribution in [0.25, 0.3) is 10.8 Å². The number of amides is 1. The van der Waals surface area contributed by atoms with E-state index in [1.165, 1.54) is 18.2 Å². The largest absolute Gasteiger partial charge is 0.491 e. The number of non-ortho nitro benzene ring substituents is 1. The minimum Gasteiger partial charge on any atom is -0.491 e. The third kappa shape index (κ3) is 5.78. The second-order valence-electron chi connectivity index (χ2n) is 7.38. The van der Waals surface area contributed by atoms with Crippen LogP contribution in [-0.4, -0.2) is 44.7 Å². The molecule has 0 saturated heterocycles. The predicted molar refractivity (Wildman–Crippen MR) is 127 cm³/mol. The molecular weight excluding hydrogens is 446 g/mol. The van der Waals surface area contributed by atoms with E-state index in [1.807, 2.05) is 42.5 Å². The molecule has 3 aromatic rings. The summed E-state index contributed by atoms with van der Waals surface area (Å²) in [6.45, 7) is 2.02. The highest BCUT2D eigenvalue weighted by Crippen LogP contribution is 2.27. The number of rotatable bonds is 10. The van der Waals surface area contributed by atoms with Crippen LogP contribution in [0.2, 0.25) is 0 Å². The van der Waals surface area contributed by atoms with E-state index in [0.717, 1.165) is 27.4 Å². The number of nitro benzene ring substituents is 1. The average Bonchev–Trinajstić information content (AvgIpc) is 2.79. The summed E-state index contributed by atoms with van der Waals surface area (Å²) in [5.41, 5.74) is -0.208. The molecule has 174 valence electrons. The van der Waals surface area contributed by atoms with Gasteiger partial charge in [-0.2, -0.15) is 0 Å². The van der Waals surface area contributed by atoms with Crippen molar-refractivity contribution in [3.8, 4) is 5.75 Å². The Bertz CT molecular complexity index is 1260. The first-order valence-corrected chi connectivity index (χ1v) is 12.2. The summed E-state index contributed by atoms with van der Waals surface area (Å²) in [5, 5.41) is 15.8. The second kappa shape index (κ2) is 10.3. The number of nitro groups is 1. The van der Waals surface area contributed by atoms with Crippen LogP contribution < -0.4 is 14.4 Å². The summed E-state index contributed by atoms with van der Waals surface area (Å²) in [7, 11) is -3.90. The SMILES string of the molecule is CC[C@H](C(=O)NCCOc1cccc2ccccc12)N(c1cccc([N+](=O)[O-])c1)S(C)(=O)=O. The molecule has 0 aromatic heterocycles. The van der Waals surface area contributed by atoms with Crippen molar-refractivity contribution in [2.75, 3.05) is 23.7 Å². The van der Waals surface area contributed by atoms with E-state index in [2.05, 4.69) is 5.32 Å². The molecule has 0 radical (unpaired) electrons. The number of nitrogens with zero attached hydrogens (tertiary/aromatic N) is 2. The van der Waals surface area contributed by atoms with Gasteiger partial charge in [0.1, 0.15) is 18.4 Å². The molecule has 9 nitrogen and oxygen atoms in total. The molecule has 0 aliphatic rings. The Morgan fingerprint density at radius 1 is 1.12 bits per heavy atom. The molecule has 0 aliphatic carbocycles. The van der Waals surface area contributed by atoms with Crippen LogP contribution in [0.15, 0.2) is 66.7 Å². The average molecular weight is 472 g/mol. The highest BCUT2D eigenvalue weighted by Gasteiger charge is 2.32. The Labute approximate surface area is 192 Å². The van der Waals surface area contributed by atoms with Gasteiger partial charge in [0, 0.05) is 17.5 Å². The standard InChI is InChI=1S/C23H25N3O6S/c1-3-21(25(33(2,30)31)18-10-7-11-19(16-18)26(28)29)23(27)24-14-15-32-22-13-6-9-17-8-4-5-12-20(17)22/h4-13,16,21H,3,14-15H2,1-2H3,(H,24,27)/t21-/m1/s1. The van der Waals surface area contributed by atoms with Crippen molar-refractivity contribution in [1.82, 2.24) is 5.32 Å². The van der Waals surface area contributed by atoms with Crippen molar-refractivity contribution in [2.24, 2.45) is 0 Å². The van der Waals surface area contributed by atoms with Crippen molar-refractivity contribution in [3.05, 3.63) is 76.8 Å². The minimum atomic E-state index is -3.90. The number of hydrogen-bond donors (Lipinski definition) is 1. The van der Waals surface area contributed by atoms with Gasteiger partial charge in [-0.1, -0.05) is 49.4 Å². The lowest BCUT2D eigenvalue weighted by atomic mass is 10.1. The number of hydrogen-bond acceptors (Lipinski definition) is 6. The van der Waals surface area contributed by atoms with Gasteiger partial charge in [0.05, 0.1) is 23.4 Å². The fourth-order valence-corrected chi connectivity index (χ4v) is 4.78. The fraction of sp³-hybridized carbons (Fsp3) is 0.261. The predicted octanol–water partition coefficient (Wildman–Crippen LogP) is 3.49. The van der Waals surface area contributed by atoms with Gasteiger partial charge in [-0.25, -0.2) is 8.42 Å². The maximum absolute atomic E-state index is 12.9. The molecule has 33 heavy (non-hydrogen) atoms. The summed E-state index contributed by atoms with van der Waals surface area (Å²) in [4.78, 5) is 23.4. The first-order chi connectivity index (χ1) is 15.7. The van der Waals surface area contributed by atoms with Crippen LogP contribution in [0.1, 0.15) is 13.3 Å². The zero-order valence-corrected chi connectivity index (χ0v) is 19.1. The zero-order chi connectivity index (χ0) is 24.0. The van der Waals surface area contributed by atoms with Crippen LogP contribution in [0.5, 0.6) is 5.75 Å². The molecular formula is C23H25N3O6S. The van der Waals surface area contributed by atoms with E-state index in [0.29, 0.717) is 5.75 Å². The first-order valence-electron chi connectivity index (χ1n) is 10.3. The highest BCUT2D eigenvalue weighted by atomic mass is 32.2. The molecule has 0 heterocycles. The van der Waals surface area contributed by atoms with Crippen molar-refractivity contribution in [3.63, 3.8) is 0 Å². The fourth-order valence-electron chi connectivity index (χ4n) is 3.58. The second-order valence-corrected chi connectivity index (χ2v) is 9.24. The topological polar surface area (TPSA) is 119 Å². The molecule has 0 saturated carbocycles. The normalized spacial score (nSPS) is 12.2. The third-order valence-corrected chi connectivity index (χ3v) is 6.21. The number of ether oxygens (including phenoxy) is 1. The van der Waals surface area contributed by atoms with Gasteiger partial charge in [-0.3, -0.25) is 19.2 Å². The van der Waals surface area contributed by atoms with Crippen LogP contribution in [-0.2, 0) is 14.8 Å². The monoisotopic (exact) mass is 471 g/mol. The van der Waals surface area contributed by atoms with E-state index in [-0.39, 0.29) is 30.9 Å². The van der Waals surface area contributed by atoms with Gasteiger partial charge >= 0.3 is 0 Å². The quantitative estimate of drug-likeness (QED) is 0.275. The Balaban J connectivity index is 1.71. The summed E-state index contributed by atoms with van der Waals surface area (Å²) >= 11 is 0. The van der Waals surface area contributed by atoms with E-state index in [9.17, 15) is 23.3 Å². The number of carbonyl (C=O) groups is 1. The third-order valence-electron chi connectivity index (χ3n) is 5.03. The number of fused-ring (bicyclic) bond motifs is 1. The summed E-state index contributed by atoms with van der Waals surface area (Å²) in [5.74, 6) is 0.166. The van der Waals surface area contributed by atoms with Crippen LogP contribution in [0.3, 0.4) is 0 Å². The molecule has 3 rings (SSSR count). The lowest BCUT2D eigenvalue weighted by molar-refractivity contribution is -0.384. The van der Waals surface area contributed by atoms with Gasteiger partial charge in [0.25, 0.3) is 5.69 Å². The highest BCUT2D eigenvalue weighted by molar-refractivity contribution is 7.92. The lowest BCUT2D eigenvalue weighted by Crippen LogP contribution is -2.50. The van der Waals surface area contributed by atoms with Crippen LogP contribution in [0, 0.1) is 10.1 Å². The van der Waals surface area contributed by atoms with Gasteiger partial charge < -0.3 is 10.1 Å². The molecule has 1 atom stereocenters. The van der Waals surface area contributed by atoms with Crippen molar-refractivity contribution in [2.45, 2.75) is 19.4 Å². The van der Waals surface area contributed by atoms with Gasteiger partial charge in [-0.05, 0) is 23.9 Å². The molecule has 1 N–H and O–H groups in total. The summed E-state index contributed by atoms with van der Waals surface area (Å²) < 4.78 is 31.8. The number of anilines is 1. The maximum Gasteiger partial charge on any atom is 0.271 e. The van der Waals surface area contributed by atoms with E-state index < -0.39 is 26.9 Å². The molecule has 3 aromatic carbocycles. The molecule has 0 aliphatic heterocycles. The molecule has 1 amide bonds. The Morgan fingerprint density at radius 3 is 2.52 bits per heavy atom. The van der Waals surface area contributed by atoms with E-state index in [1.54, 1.807) is 6.92 Å². The first kappa shape index (κ1) is 24.0. The molecule has 0 spiro atoms. The lowest BCUT2D eigenvalue weighted by Gasteiger charge is -2.30. The van der Waals surface area contributed by atoms with Gasteiger partial charge in [0.15, 0.2) is 0 Å². The summed E-state index contributed by atoms with van der Waals surface area (Å²) in [6, 6.07) is 17.6. The Hall–Kier alpha value is -3.66.